The van der Waals surface area contributed by atoms with E-state index in [1.54, 1.807) is 0 Å². The third kappa shape index (κ3) is 2.76. The molecule has 0 aromatic carbocycles. The predicted molar refractivity (Wildman–Crippen MR) is 46.0 cm³/mol. The van der Waals surface area contributed by atoms with Gasteiger partial charge in [-0.05, 0) is 12.2 Å². The molecule has 13 heavy (non-hydrogen) atoms. The zero-order chi connectivity index (χ0) is 9.35. The smallest absolute Gasteiger partial charge is 0.290 e. The zero-order valence-electron chi connectivity index (χ0n) is 6.13. The van der Waals surface area contributed by atoms with Crippen molar-refractivity contribution in [3.8, 4) is 0 Å². The summed E-state index contributed by atoms with van der Waals surface area (Å²) < 4.78 is 29.3. The van der Waals surface area contributed by atoms with Crippen LogP contribution in [0, 0.1) is 0 Å². The molecule has 0 saturated heterocycles. The Morgan fingerprint density at radius 1 is 1.15 bits per heavy atom. The van der Waals surface area contributed by atoms with Gasteiger partial charge in [-0.25, -0.2) is 0 Å². The third-order valence-electron chi connectivity index (χ3n) is 1.19. The largest absolute Gasteiger partial charge is 0.298 e. The van der Waals surface area contributed by atoms with Crippen molar-refractivity contribution in [2.24, 2.45) is 0 Å². The van der Waals surface area contributed by atoms with E-state index in [-0.39, 0.29) is 12.4 Å². The lowest BCUT2D eigenvalue weighted by atomic mass is 10.2. The van der Waals surface area contributed by atoms with E-state index < -0.39 is 26.6 Å². The van der Waals surface area contributed by atoms with Gasteiger partial charge in [-0.15, -0.1) is 12.4 Å². The van der Waals surface area contributed by atoms with Crippen LogP contribution in [0.1, 0.15) is 0 Å². The number of hydrogen-bond acceptors (Lipinski definition) is 4. The van der Waals surface area contributed by atoms with Crippen LogP contribution < -0.4 is 0 Å². The van der Waals surface area contributed by atoms with Gasteiger partial charge in [0.25, 0.3) is 10.1 Å². The minimum atomic E-state index is -4.57. The van der Waals surface area contributed by atoms with Crippen LogP contribution in [0.25, 0.3) is 0 Å². The number of hydrogen-bond donors (Lipinski definition) is 1. The maximum Gasteiger partial charge on any atom is 0.298 e. The van der Waals surface area contributed by atoms with Gasteiger partial charge in [0, 0.05) is 6.08 Å². The molecule has 0 bridgehead atoms. The molecule has 1 rings (SSSR count). The molecule has 0 fully saturated rings. The highest BCUT2D eigenvalue weighted by Gasteiger charge is 2.23. The van der Waals surface area contributed by atoms with Gasteiger partial charge in [-0.1, -0.05) is 0 Å². The van der Waals surface area contributed by atoms with Crippen molar-refractivity contribution in [3.63, 3.8) is 0 Å². The Bertz CT molecular complexity index is 403. The fourth-order valence-electron chi connectivity index (χ4n) is 0.690. The monoisotopic (exact) mass is 224 g/mol. The topological polar surface area (TPSA) is 88.5 Å². The van der Waals surface area contributed by atoms with Crippen LogP contribution in [0.2, 0.25) is 0 Å². The first-order valence-electron chi connectivity index (χ1n) is 2.87. The van der Waals surface area contributed by atoms with Crippen molar-refractivity contribution in [1.29, 1.82) is 0 Å². The van der Waals surface area contributed by atoms with E-state index in [1.165, 1.54) is 0 Å². The van der Waals surface area contributed by atoms with Gasteiger partial charge in [0.15, 0.2) is 11.6 Å². The van der Waals surface area contributed by atoms with E-state index in [4.69, 9.17) is 4.55 Å². The molecule has 0 atom stereocenters. The van der Waals surface area contributed by atoms with Gasteiger partial charge in [-0.3, -0.25) is 14.1 Å². The Labute approximate surface area is 80.3 Å². The second-order valence-corrected chi connectivity index (χ2v) is 3.47. The number of rotatable bonds is 1. The van der Waals surface area contributed by atoms with Crippen LogP contribution in [0.15, 0.2) is 23.1 Å². The maximum atomic E-state index is 10.7. The maximum absolute atomic E-state index is 10.7. The summed E-state index contributed by atoms with van der Waals surface area (Å²) in [6, 6.07) is 0. The lowest BCUT2D eigenvalue weighted by molar-refractivity contribution is -0.114. The molecule has 5 nitrogen and oxygen atoms in total. The van der Waals surface area contributed by atoms with E-state index in [1.807, 2.05) is 0 Å². The highest BCUT2D eigenvalue weighted by molar-refractivity contribution is 7.91. The molecule has 0 saturated carbocycles. The van der Waals surface area contributed by atoms with Crippen molar-refractivity contribution >= 4 is 34.1 Å². The molecular formula is C6H5ClO5S. The summed E-state index contributed by atoms with van der Waals surface area (Å²) in [6.07, 6.45) is 2.31. The second-order valence-electron chi connectivity index (χ2n) is 2.08. The number of halogens is 1. The molecule has 0 aromatic rings. The summed E-state index contributed by atoms with van der Waals surface area (Å²) in [4.78, 5) is 20.4. The fourth-order valence-corrected chi connectivity index (χ4v) is 1.28. The van der Waals surface area contributed by atoms with Gasteiger partial charge < -0.3 is 0 Å². The van der Waals surface area contributed by atoms with E-state index in [2.05, 4.69) is 0 Å². The SMILES string of the molecule is Cl.O=C1C=CC(=O)C(S(=O)(=O)O)=C1. The lowest BCUT2D eigenvalue weighted by Crippen LogP contribution is -2.15. The van der Waals surface area contributed by atoms with Crippen molar-refractivity contribution in [1.82, 2.24) is 0 Å². The first-order chi connectivity index (χ1) is 5.41. The van der Waals surface area contributed by atoms with Gasteiger partial charge in [0.1, 0.15) is 4.91 Å². The van der Waals surface area contributed by atoms with E-state index in [9.17, 15) is 18.0 Å². The Hall–Kier alpha value is -0.980. The molecular weight excluding hydrogens is 220 g/mol. The van der Waals surface area contributed by atoms with E-state index in [0.717, 1.165) is 12.2 Å². The van der Waals surface area contributed by atoms with Crippen LogP contribution in [0.3, 0.4) is 0 Å². The summed E-state index contributed by atoms with van der Waals surface area (Å²) in [5.74, 6) is -1.53. The van der Waals surface area contributed by atoms with Crippen molar-refractivity contribution in [2.75, 3.05) is 0 Å². The minimum Gasteiger partial charge on any atom is -0.290 e. The van der Waals surface area contributed by atoms with E-state index >= 15 is 0 Å². The molecule has 0 heterocycles. The Morgan fingerprint density at radius 2 is 1.69 bits per heavy atom. The summed E-state index contributed by atoms with van der Waals surface area (Å²) in [5.41, 5.74) is 0. The Kier molecular flexibility index (Phi) is 3.53. The minimum absolute atomic E-state index is 0. The lowest BCUT2D eigenvalue weighted by Gasteiger charge is -2.01. The fraction of sp³-hybridized carbons (Fsp3) is 0. The van der Waals surface area contributed by atoms with Crippen LogP contribution in [0.5, 0.6) is 0 Å². The Balaban J connectivity index is 0.00000144. The van der Waals surface area contributed by atoms with Crippen LogP contribution in [-0.2, 0) is 19.7 Å². The molecule has 0 radical (unpaired) electrons. The molecule has 0 amide bonds. The van der Waals surface area contributed by atoms with Crippen molar-refractivity contribution < 1.29 is 22.6 Å². The number of allylic oxidation sites excluding steroid dienone is 4. The van der Waals surface area contributed by atoms with Gasteiger partial charge in [0.05, 0.1) is 0 Å². The molecule has 1 aliphatic carbocycles. The van der Waals surface area contributed by atoms with Crippen molar-refractivity contribution in [3.05, 3.63) is 23.1 Å². The van der Waals surface area contributed by atoms with Crippen LogP contribution in [0.4, 0.5) is 0 Å². The molecule has 72 valence electrons. The van der Waals surface area contributed by atoms with Gasteiger partial charge in [0.2, 0.25) is 0 Å². The predicted octanol–water partition coefficient (Wildman–Crippen LogP) is -0.112. The van der Waals surface area contributed by atoms with E-state index in [0.29, 0.717) is 6.08 Å². The summed E-state index contributed by atoms with van der Waals surface area (Å²) >= 11 is 0. The molecule has 1 N–H and O–H groups in total. The highest BCUT2D eigenvalue weighted by atomic mass is 35.5. The summed E-state index contributed by atoms with van der Waals surface area (Å²) in [7, 11) is -4.57. The highest BCUT2D eigenvalue weighted by Crippen LogP contribution is 2.10. The van der Waals surface area contributed by atoms with Crippen molar-refractivity contribution in [2.45, 2.75) is 0 Å². The third-order valence-corrected chi connectivity index (χ3v) is 2.07. The normalized spacial score (nSPS) is 16.5. The first-order valence-corrected chi connectivity index (χ1v) is 4.31. The first kappa shape index (κ1) is 12.0. The number of carbonyl (C=O) groups excluding carboxylic acids is 2. The van der Waals surface area contributed by atoms with Gasteiger partial charge >= 0.3 is 0 Å². The number of carbonyl (C=O) groups is 2. The molecule has 1 aliphatic rings. The number of ketones is 2. The molecule has 0 aliphatic heterocycles. The van der Waals surface area contributed by atoms with Crippen LogP contribution >= 0.6 is 12.4 Å². The summed E-state index contributed by atoms with van der Waals surface area (Å²) in [6.45, 7) is 0. The average molecular weight is 225 g/mol. The molecule has 0 spiro atoms. The Morgan fingerprint density at radius 3 is 2.08 bits per heavy atom. The second kappa shape index (κ2) is 3.82. The summed E-state index contributed by atoms with van der Waals surface area (Å²) in [5, 5.41) is 0. The average Bonchev–Trinajstić information content (AvgIpc) is 1.92. The molecule has 0 unspecified atom stereocenters. The quantitative estimate of drug-likeness (QED) is 0.496. The van der Waals surface area contributed by atoms with Crippen LogP contribution in [-0.4, -0.2) is 24.5 Å². The molecule has 0 aromatic heterocycles. The zero-order valence-corrected chi connectivity index (χ0v) is 7.76. The molecule has 7 heteroatoms. The van der Waals surface area contributed by atoms with Gasteiger partial charge in [-0.2, -0.15) is 8.42 Å². The standard InChI is InChI=1S/C6H4O5S.ClH/c7-4-1-2-5(8)6(3-4)12(9,10)11;/h1-3H,(H,9,10,11);1H.